The molecule has 0 fully saturated rings. The number of carboxylic acid groups (broad SMARTS) is 2. The van der Waals surface area contributed by atoms with Crippen LogP contribution in [0, 0.1) is 0 Å². The number of nitrogens with two attached hydrogens (primary N) is 3. The highest BCUT2D eigenvalue weighted by Crippen LogP contribution is 1.99. The first kappa shape index (κ1) is 26.2. The monoisotopic (exact) mass is 432 g/mol. The highest BCUT2D eigenvalue weighted by atomic mass is 16.4. The molecule has 15 heteroatoms. The van der Waals surface area contributed by atoms with Gasteiger partial charge in [0, 0.05) is 0 Å². The standard InChI is InChI=1S/C15H24N6O9/c1-5(19-13(27)6(16)2-9(17)22)12(26)20-7(3-10(18)23)14(28)21-8(15(29)30)4-11(24)25/h5-8H,2-4,16H2,1H3,(H2,17,22)(H2,18,23)(H,19,27)(H,20,26)(H,21,28)(H,24,25)(H,29,30). The zero-order chi connectivity index (χ0) is 23.6. The molecular weight excluding hydrogens is 408 g/mol. The molecule has 11 N–H and O–H groups in total. The Hall–Kier alpha value is -3.75. The van der Waals surface area contributed by atoms with Gasteiger partial charge in [-0.3, -0.25) is 28.8 Å². The topological polar surface area (TPSA) is 274 Å². The van der Waals surface area contributed by atoms with Crippen LogP contribution in [0.2, 0.25) is 0 Å². The van der Waals surface area contributed by atoms with E-state index in [1.807, 2.05) is 5.32 Å². The quantitative estimate of drug-likeness (QED) is 0.137. The molecule has 0 aliphatic rings. The predicted octanol–water partition coefficient (Wildman–Crippen LogP) is -4.90. The van der Waals surface area contributed by atoms with Crippen molar-refractivity contribution < 1.29 is 43.8 Å². The molecule has 0 radical (unpaired) electrons. The lowest BCUT2D eigenvalue weighted by Crippen LogP contribution is -2.57. The van der Waals surface area contributed by atoms with Gasteiger partial charge in [-0.15, -0.1) is 0 Å². The lowest BCUT2D eigenvalue weighted by molar-refractivity contribution is -0.147. The number of carbonyl (C=O) groups excluding carboxylic acids is 5. The van der Waals surface area contributed by atoms with E-state index in [1.54, 1.807) is 0 Å². The summed E-state index contributed by atoms with van der Waals surface area (Å²) in [6, 6.07) is -6.08. The van der Waals surface area contributed by atoms with Crippen LogP contribution >= 0.6 is 0 Å². The Morgan fingerprint density at radius 2 is 1.23 bits per heavy atom. The summed E-state index contributed by atoms with van der Waals surface area (Å²) in [5.74, 6) is -8.08. The average molecular weight is 432 g/mol. The molecule has 0 bridgehead atoms. The molecular formula is C15H24N6O9. The first-order chi connectivity index (χ1) is 13.7. The second-order valence-electron chi connectivity index (χ2n) is 6.24. The molecule has 0 aliphatic carbocycles. The van der Waals surface area contributed by atoms with E-state index in [-0.39, 0.29) is 0 Å². The third-order valence-electron chi connectivity index (χ3n) is 3.54. The Morgan fingerprint density at radius 1 is 0.733 bits per heavy atom. The Bertz CT molecular complexity index is 725. The number of amides is 5. The van der Waals surface area contributed by atoms with Crippen LogP contribution in [0.25, 0.3) is 0 Å². The predicted molar refractivity (Wildman–Crippen MR) is 97.0 cm³/mol. The van der Waals surface area contributed by atoms with E-state index in [9.17, 15) is 33.6 Å². The number of hydrogen-bond donors (Lipinski definition) is 8. The van der Waals surface area contributed by atoms with Gasteiger partial charge in [-0.1, -0.05) is 0 Å². The van der Waals surface area contributed by atoms with E-state index in [0.29, 0.717) is 0 Å². The molecule has 30 heavy (non-hydrogen) atoms. The van der Waals surface area contributed by atoms with Crippen LogP contribution in [0.5, 0.6) is 0 Å². The van der Waals surface area contributed by atoms with Gasteiger partial charge < -0.3 is 43.4 Å². The Kier molecular flexibility index (Phi) is 10.5. The lowest BCUT2D eigenvalue weighted by atomic mass is 10.1. The fraction of sp³-hybridized carbons (Fsp3) is 0.533. The maximum Gasteiger partial charge on any atom is 0.326 e. The summed E-state index contributed by atoms with van der Waals surface area (Å²) >= 11 is 0. The smallest absolute Gasteiger partial charge is 0.326 e. The molecule has 4 unspecified atom stereocenters. The second kappa shape index (κ2) is 11.9. The van der Waals surface area contributed by atoms with E-state index in [4.69, 9.17) is 27.4 Å². The van der Waals surface area contributed by atoms with Crippen LogP contribution in [-0.4, -0.2) is 75.9 Å². The van der Waals surface area contributed by atoms with Gasteiger partial charge in [0.15, 0.2) is 0 Å². The van der Waals surface area contributed by atoms with E-state index >= 15 is 0 Å². The maximum absolute atomic E-state index is 12.2. The number of aliphatic carboxylic acids is 2. The third-order valence-corrected chi connectivity index (χ3v) is 3.54. The van der Waals surface area contributed by atoms with Gasteiger partial charge >= 0.3 is 11.9 Å². The summed E-state index contributed by atoms with van der Waals surface area (Å²) in [7, 11) is 0. The molecule has 0 aromatic carbocycles. The zero-order valence-electron chi connectivity index (χ0n) is 15.9. The van der Waals surface area contributed by atoms with Crippen LogP contribution in [0.3, 0.4) is 0 Å². The first-order valence-electron chi connectivity index (χ1n) is 8.42. The van der Waals surface area contributed by atoms with Crippen molar-refractivity contribution in [3.63, 3.8) is 0 Å². The third kappa shape index (κ3) is 9.98. The van der Waals surface area contributed by atoms with Crippen molar-refractivity contribution in [2.45, 2.75) is 50.4 Å². The maximum atomic E-state index is 12.2. The minimum atomic E-state index is -1.83. The molecule has 0 saturated heterocycles. The second-order valence-corrected chi connectivity index (χ2v) is 6.24. The number of primary amides is 2. The molecule has 4 atom stereocenters. The Balaban J connectivity index is 5.16. The molecule has 15 nitrogen and oxygen atoms in total. The first-order valence-corrected chi connectivity index (χ1v) is 8.42. The zero-order valence-corrected chi connectivity index (χ0v) is 15.9. The number of nitrogens with one attached hydrogen (secondary N) is 3. The van der Waals surface area contributed by atoms with Crippen molar-refractivity contribution in [2.75, 3.05) is 0 Å². The minimum absolute atomic E-state index is 0.479. The number of carboxylic acids is 2. The van der Waals surface area contributed by atoms with Crippen molar-refractivity contribution in [1.82, 2.24) is 16.0 Å². The fourth-order valence-corrected chi connectivity index (χ4v) is 2.05. The largest absolute Gasteiger partial charge is 0.481 e. The summed E-state index contributed by atoms with van der Waals surface area (Å²) in [4.78, 5) is 80.0. The minimum Gasteiger partial charge on any atom is -0.481 e. The number of carbonyl (C=O) groups is 7. The summed E-state index contributed by atoms with van der Waals surface area (Å²) in [5, 5.41) is 23.8. The van der Waals surface area contributed by atoms with E-state index in [1.165, 1.54) is 6.92 Å². The number of rotatable bonds is 13. The van der Waals surface area contributed by atoms with Gasteiger partial charge in [0.2, 0.25) is 29.5 Å². The Labute approximate surface area is 169 Å². The highest BCUT2D eigenvalue weighted by molar-refractivity contribution is 5.96. The summed E-state index contributed by atoms with van der Waals surface area (Å²) in [6.45, 7) is 1.20. The molecule has 0 saturated carbocycles. The fourth-order valence-electron chi connectivity index (χ4n) is 2.05. The van der Waals surface area contributed by atoms with Gasteiger partial charge in [-0.05, 0) is 6.92 Å². The molecule has 0 heterocycles. The molecule has 5 amide bonds. The SMILES string of the molecule is CC(NC(=O)C(N)CC(N)=O)C(=O)NC(CC(N)=O)C(=O)NC(CC(=O)O)C(=O)O. The van der Waals surface area contributed by atoms with Crippen molar-refractivity contribution >= 4 is 41.5 Å². The van der Waals surface area contributed by atoms with Crippen LogP contribution < -0.4 is 33.2 Å². The Morgan fingerprint density at radius 3 is 1.67 bits per heavy atom. The van der Waals surface area contributed by atoms with Crippen LogP contribution in [0.15, 0.2) is 0 Å². The van der Waals surface area contributed by atoms with Crippen LogP contribution in [0.4, 0.5) is 0 Å². The van der Waals surface area contributed by atoms with Gasteiger partial charge in [-0.2, -0.15) is 0 Å². The molecule has 0 aromatic rings. The van der Waals surface area contributed by atoms with Crippen molar-refractivity contribution in [3.8, 4) is 0 Å². The summed E-state index contributed by atoms with van der Waals surface area (Å²) in [5.41, 5.74) is 15.4. The van der Waals surface area contributed by atoms with Gasteiger partial charge in [0.1, 0.15) is 18.1 Å². The van der Waals surface area contributed by atoms with E-state index < -0.39 is 84.9 Å². The van der Waals surface area contributed by atoms with Crippen molar-refractivity contribution in [2.24, 2.45) is 17.2 Å². The highest BCUT2D eigenvalue weighted by Gasteiger charge is 2.30. The van der Waals surface area contributed by atoms with Crippen molar-refractivity contribution in [3.05, 3.63) is 0 Å². The summed E-state index contributed by atoms with van der Waals surface area (Å²) < 4.78 is 0. The number of hydrogen-bond acceptors (Lipinski definition) is 8. The van der Waals surface area contributed by atoms with Crippen LogP contribution in [-0.2, 0) is 33.6 Å². The molecule has 0 spiro atoms. The van der Waals surface area contributed by atoms with E-state index in [2.05, 4.69) is 10.6 Å². The van der Waals surface area contributed by atoms with Gasteiger partial charge in [-0.25, -0.2) is 4.79 Å². The molecule has 168 valence electrons. The average Bonchev–Trinajstić information content (AvgIpc) is 2.58. The van der Waals surface area contributed by atoms with Crippen LogP contribution in [0.1, 0.15) is 26.2 Å². The molecule has 0 aromatic heterocycles. The van der Waals surface area contributed by atoms with Crippen molar-refractivity contribution in [1.29, 1.82) is 0 Å². The van der Waals surface area contributed by atoms with Gasteiger partial charge in [0.25, 0.3) is 0 Å². The molecule has 0 rings (SSSR count). The molecule has 0 aliphatic heterocycles. The van der Waals surface area contributed by atoms with Gasteiger partial charge in [0.05, 0.1) is 25.3 Å². The lowest BCUT2D eigenvalue weighted by Gasteiger charge is -2.22. The van der Waals surface area contributed by atoms with E-state index in [0.717, 1.165) is 0 Å². The summed E-state index contributed by atoms with van der Waals surface area (Å²) in [6.07, 6.45) is -2.17. The normalized spacial score (nSPS) is 14.3.